The third-order valence-electron chi connectivity index (χ3n) is 2.26. The number of H-pyrrole nitrogens is 1. The zero-order chi connectivity index (χ0) is 10.7. The molecule has 5 heteroatoms. The van der Waals surface area contributed by atoms with Crippen molar-refractivity contribution in [3.8, 4) is 17.1 Å². The number of aromatic nitrogens is 4. The number of hydrogen-bond donors (Lipinski definition) is 1. The van der Waals surface area contributed by atoms with Gasteiger partial charge in [-0.1, -0.05) is 13.0 Å². The van der Waals surface area contributed by atoms with Crippen LogP contribution in [0.4, 0.5) is 0 Å². The summed E-state index contributed by atoms with van der Waals surface area (Å²) in [6.45, 7) is 2.10. The Morgan fingerprint density at radius 3 is 2.87 bits per heavy atom. The molecule has 0 unspecified atom stereocenters. The van der Waals surface area contributed by atoms with Crippen molar-refractivity contribution in [1.29, 1.82) is 0 Å². The lowest BCUT2D eigenvalue weighted by atomic mass is 10.1. The number of aromatic amines is 1. The van der Waals surface area contributed by atoms with Gasteiger partial charge in [0.15, 0.2) is 0 Å². The van der Waals surface area contributed by atoms with Gasteiger partial charge in [0.05, 0.1) is 12.7 Å². The van der Waals surface area contributed by atoms with Gasteiger partial charge in [0.1, 0.15) is 5.75 Å². The zero-order valence-corrected chi connectivity index (χ0v) is 8.69. The first-order valence-corrected chi connectivity index (χ1v) is 4.76. The largest absolute Gasteiger partial charge is 0.496 e. The molecule has 1 aromatic carbocycles. The lowest BCUT2D eigenvalue weighted by Gasteiger charge is -2.06. The van der Waals surface area contributed by atoms with Gasteiger partial charge in [-0.05, 0) is 29.3 Å². The van der Waals surface area contributed by atoms with E-state index >= 15 is 0 Å². The molecular formula is C10H12N4O. The van der Waals surface area contributed by atoms with E-state index in [2.05, 4.69) is 27.5 Å². The van der Waals surface area contributed by atoms with E-state index in [-0.39, 0.29) is 0 Å². The molecule has 5 nitrogen and oxygen atoms in total. The van der Waals surface area contributed by atoms with Gasteiger partial charge in [-0.25, -0.2) is 0 Å². The van der Waals surface area contributed by atoms with Gasteiger partial charge in [-0.3, -0.25) is 0 Å². The summed E-state index contributed by atoms with van der Waals surface area (Å²) in [5.74, 6) is 1.32. The first-order valence-electron chi connectivity index (χ1n) is 4.76. The summed E-state index contributed by atoms with van der Waals surface area (Å²) >= 11 is 0. The SMILES string of the molecule is CCc1ccc(OC)c(-c2nn[nH]n2)c1. The minimum absolute atomic E-state index is 0.558. The van der Waals surface area contributed by atoms with Crippen LogP contribution in [-0.2, 0) is 6.42 Å². The highest BCUT2D eigenvalue weighted by Crippen LogP contribution is 2.27. The van der Waals surface area contributed by atoms with Crippen molar-refractivity contribution < 1.29 is 4.74 Å². The maximum atomic E-state index is 5.25. The van der Waals surface area contributed by atoms with Crippen molar-refractivity contribution in [2.24, 2.45) is 0 Å². The van der Waals surface area contributed by atoms with Crippen molar-refractivity contribution >= 4 is 0 Å². The smallest absolute Gasteiger partial charge is 0.208 e. The molecule has 0 bridgehead atoms. The number of nitrogens with one attached hydrogen (secondary N) is 1. The van der Waals surface area contributed by atoms with Gasteiger partial charge in [0.2, 0.25) is 5.82 Å². The molecule has 0 atom stereocenters. The number of tetrazole rings is 1. The molecule has 0 aliphatic carbocycles. The fourth-order valence-electron chi connectivity index (χ4n) is 1.43. The van der Waals surface area contributed by atoms with Crippen LogP contribution in [0.15, 0.2) is 18.2 Å². The van der Waals surface area contributed by atoms with Crippen LogP contribution < -0.4 is 4.74 Å². The summed E-state index contributed by atoms with van der Waals surface area (Å²) in [6.07, 6.45) is 0.967. The van der Waals surface area contributed by atoms with Gasteiger partial charge >= 0.3 is 0 Å². The molecule has 1 aromatic heterocycles. The number of rotatable bonds is 3. The monoisotopic (exact) mass is 204 g/mol. The molecule has 2 aromatic rings. The second-order valence-corrected chi connectivity index (χ2v) is 3.12. The third kappa shape index (κ3) is 1.81. The molecular weight excluding hydrogens is 192 g/mol. The van der Waals surface area contributed by atoms with E-state index in [9.17, 15) is 0 Å². The Bertz CT molecular complexity index is 439. The molecule has 0 saturated heterocycles. The summed E-state index contributed by atoms with van der Waals surface area (Å²) in [4.78, 5) is 0. The highest BCUT2D eigenvalue weighted by atomic mass is 16.5. The van der Waals surface area contributed by atoms with Crippen LogP contribution in [0, 0.1) is 0 Å². The molecule has 0 aliphatic rings. The van der Waals surface area contributed by atoms with Crippen molar-refractivity contribution in [3.63, 3.8) is 0 Å². The quantitative estimate of drug-likeness (QED) is 0.821. The Morgan fingerprint density at radius 2 is 2.27 bits per heavy atom. The Hall–Kier alpha value is -1.91. The van der Waals surface area contributed by atoms with Crippen molar-refractivity contribution in [2.75, 3.05) is 7.11 Å². The van der Waals surface area contributed by atoms with E-state index in [0.29, 0.717) is 5.82 Å². The molecule has 0 saturated carbocycles. The highest BCUT2D eigenvalue weighted by Gasteiger charge is 2.10. The second kappa shape index (κ2) is 4.08. The minimum atomic E-state index is 0.558. The molecule has 0 radical (unpaired) electrons. The normalized spacial score (nSPS) is 10.3. The van der Waals surface area contributed by atoms with E-state index in [1.54, 1.807) is 7.11 Å². The molecule has 0 spiro atoms. The number of methoxy groups -OCH3 is 1. The average molecular weight is 204 g/mol. The number of nitrogens with zero attached hydrogens (tertiary/aromatic N) is 3. The lowest BCUT2D eigenvalue weighted by Crippen LogP contribution is -1.91. The number of ether oxygens (including phenoxy) is 1. The predicted octanol–water partition coefficient (Wildman–Crippen LogP) is 1.44. The topological polar surface area (TPSA) is 63.7 Å². The first kappa shape index (κ1) is 9.64. The third-order valence-corrected chi connectivity index (χ3v) is 2.26. The van der Waals surface area contributed by atoms with Crippen molar-refractivity contribution in [2.45, 2.75) is 13.3 Å². The highest BCUT2D eigenvalue weighted by molar-refractivity contribution is 5.64. The molecule has 15 heavy (non-hydrogen) atoms. The van der Waals surface area contributed by atoms with Crippen LogP contribution in [0.1, 0.15) is 12.5 Å². The molecule has 0 aliphatic heterocycles. The van der Waals surface area contributed by atoms with Gasteiger partial charge in [-0.2, -0.15) is 5.21 Å². The Labute approximate surface area is 87.5 Å². The Balaban J connectivity index is 2.52. The summed E-state index contributed by atoms with van der Waals surface area (Å²) < 4.78 is 5.25. The molecule has 1 heterocycles. The van der Waals surface area contributed by atoms with Gasteiger partial charge in [0, 0.05) is 0 Å². The van der Waals surface area contributed by atoms with Crippen LogP contribution in [0.2, 0.25) is 0 Å². The number of hydrogen-bond acceptors (Lipinski definition) is 4. The van der Waals surface area contributed by atoms with Crippen LogP contribution >= 0.6 is 0 Å². The van der Waals surface area contributed by atoms with Crippen molar-refractivity contribution in [3.05, 3.63) is 23.8 Å². The van der Waals surface area contributed by atoms with Crippen LogP contribution in [0.3, 0.4) is 0 Å². The molecule has 78 valence electrons. The molecule has 0 fully saturated rings. The fraction of sp³-hybridized carbons (Fsp3) is 0.300. The zero-order valence-electron chi connectivity index (χ0n) is 8.69. The van der Waals surface area contributed by atoms with Crippen LogP contribution in [0.5, 0.6) is 5.75 Å². The molecule has 2 rings (SSSR count). The fourth-order valence-corrected chi connectivity index (χ4v) is 1.43. The van der Waals surface area contributed by atoms with Gasteiger partial charge in [0.25, 0.3) is 0 Å². The maximum absolute atomic E-state index is 5.25. The summed E-state index contributed by atoms with van der Waals surface area (Å²) in [5.41, 5.74) is 2.08. The van der Waals surface area contributed by atoms with E-state index in [1.165, 1.54) is 5.56 Å². The van der Waals surface area contributed by atoms with E-state index < -0.39 is 0 Å². The van der Waals surface area contributed by atoms with E-state index in [4.69, 9.17) is 4.74 Å². The predicted molar refractivity (Wildman–Crippen MR) is 55.5 cm³/mol. The Morgan fingerprint density at radius 1 is 1.40 bits per heavy atom. The summed E-state index contributed by atoms with van der Waals surface area (Å²) in [6, 6.07) is 5.97. The van der Waals surface area contributed by atoms with Gasteiger partial charge in [-0.15, -0.1) is 10.2 Å². The molecule has 0 amide bonds. The number of benzene rings is 1. The van der Waals surface area contributed by atoms with Crippen molar-refractivity contribution in [1.82, 2.24) is 20.6 Å². The van der Waals surface area contributed by atoms with Crippen LogP contribution in [-0.4, -0.2) is 27.7 Å². The summed E-state index contributed by atoms with van der Waals surface area (Å²) in [5, 5.41) is 13.9. The summed E-state index contributed by atoms with van der Waals surface area (Å²) in [7, 11) is 1.63. The maximum Gasteiger partial charge on any atom is 0.208 e. The van der Waals surface area contributed by atoms with E-state index in [1.807, 2.05) is 18.2 Å². The second-order valence-electron chi connectivity index (χ2n) is 3.12. The standard InChI is InChI=1S/C10H12N4O/c1-3-7-4-5-9(15-2)8(6-7)10-11-13-14-12-10/h4-6H,3H2,1-2H3,(H,11,12,13,14). The Kier molecular flexibility index (Phi) is 2.62. The number of aryl methyl sites for hydroxylation is 1. The van der Waals surface area contributed by atoms with E-state index in [0.717, 1.165) is 17.7 Å². The molecule has 1 N–H and O–H groups in total. The van der Waals surface area contributed by atoms with Gasteiger partial charge < -0.3 is 4.74 Å². The minimum Gasteiger partial charge on any atom is -0.496 e. The van der Waals surface area contributed by atoms with Crippen LogP contribution in [0.25, 0.3) is 11.4 Å². The first-order chi connectivity index (χ1) is 7.35. The average Bonchev–Trinajstić information content (AvgIpc) is 2.81. The lowest BCUT2D eigenvalue weighted by molar-refractivity contribution is 0.416.